The van der Waals surface area contributed by atoms with Crippen molar-refractivity contribution in [2.24, 2.45) is 5.92 Å². The van der Waals surface area contributed by atoms with Gasteiger partial charge in [-0.2, -0.15) is 0 Å². The summed E-state index contributed by atoms with van der Waals surface area (Å²) < 4.78 is 5.95. The molecule has 1 heterocycles. The maximum absolute atomic E-state index is 12.4. The van der Waals surface area contributed by atoms with Gasteiger partial charge in [0.15, 0.2) is 0 Å². The third-order valence-electron chi connectivity index (χ3n) is 6.88. The van der Waals surface area contributed by atoms with Gasteiger partial charge in [0.1, 0.15) is 5.75 Å². The van der Waals surface area contributed by atoms with Crippen molar-refractivity contribution in [3.8, 4) is 5.75 Å². The molecule has 8 heteroatoms. The van der Waals surface area contributed by atoms with Gasteiger partial charge in [-0.1, -0.05) is 30.3 Å². The van der Waals surface area contributed by atoms with Crippen molar-refractivity contribution >= 4 is 17.9 Å². The summed E-state index contributed by atoms with van der Waals surface area (Å²) in [6, 6.07) is 17.1. The van der Waals surface area contributed by atoms with E-state index in [2.05, 4.69) is 22.8 Å². The second-order valence-electron chi connectivity index (χ2n) is 9.28. The lowest BCUT2D eigenvalue weighted by atomic mass is 9.87. The first kappa shape index (κ1) is 24.6. The number of carbonyl (C=O) groups is 3. The minimum Gasteiger partial charge on any atom is -0.490 e. The normalized spacial score (nSPS) is 21.8. The standard InChI is InChI=1S/C27H33N3O5/c31-25(20-6-10-23(11-7-20)35-24-12-8-21(9-13-24)26(32)33)28-15-16-29-27(34)30-17-14-22(18-30)19-4-2-1-3-5-19/h1-7,10-11,21-22,24H,8-9,12-18H2,(H,28,31)(H,29,34)(H,32,33)/t21?,22-,24?/m0/s1. The molecule has 0 unspecified atom stereocenters. The lowest BCUT2D eigenvalue weighted by molar-refractivity contribution is -0.143. The Hall–Kier alpha value is -3.55. The van der Waals surface area contributed by atoms with Gasteiger partial charge in [0.25, 0.3) is 5.91 Å². The van der Waals surface area contributed by atoms with E-state index >= 15 is 0 Å². The first-order valence-corrected chi connectivity index (χ1v) is 12.3. The fourth-order valence-corrected chi connectivity index (χ4v) is 4.81. The summed E-state index contributed by atoms with van der Waals surface area (Å²) in [6.45, 7) is 2.13. The Morgan fingerprint density at radius 2 is 1.57 bits per heavy atom. The van der Waals surface area contributed by atoms with Gasteiger partial charge in [-0.15, -0.1) is 0 Å². The zero-order valence-electron chi connectivity index (χ0n) is 19.8. The Kier molecular flexibility index (Phi) is 8.23. The fourth-order valence-electron chi connectivity index (χ4n) is 4.81. The first-order chi connectivity index (χ1) is 17.0. The summed E-state index contributed by atoms with van der Waals surface area (Å²) in [7, 11) is 0. The minimum atomic E-state index is -0.730. The molecule has 2 aromatic rings. The number of nitrogens with zero attached hydrogens (tertiary/aromatic N) is 1. The van der Waals surface area contributed by atoms with Crippen molar-refractivity contribution in [2.45, 2.75) is 44.1 Å². The highest BCUT2D eigenvalue weighted by Gasteiger charge is 2.28. The van der Waals surface area contributed by atoms with Gasteiger partial charge in [0.05, 0.1) is 12.0 Å². The van der Waals surface area contributed by atoms with E-state index in [1.165, 1.54) is 5.56 Å². The molecule has 1 saturated carbocycles. The number of hydrogen-bond donors (Lipinski definition) is 3. The molecule has 4 rings (SSSR count). The van der Waals surface area contributed by atoms with E-state index < -0.39 is 5.97 Å². The summed E-state index contributed by atoms with van der Waals surface area (Å²) in [5, 5.41) is 14.8. The Morgan fingerprint density at radius 1 is 0.886 bits per heavy atom. The van der Waals surface area contributed by atoms with Crippen LogP contribution in [0.4, 0.5) is 4.79 Å². The largest absolute Gasteiger partial charge is 0.490 e. The van der Waals surface area contributed by atoms with Crippen molar-refractivity contribution in [3.63, 3.8) is 0 Å². The molecule has 186 valence electrons. The highest BCUT2D eigenvalue weighted by atomic mass is 16.5. The molecule has 3 amide bonds. The van der Waals surface area contributed by atoms with E-state index in [9.17, 15) is 14.4 Å². The number of carboxylic acid groups (broad SMARTS) is 1. The van der Waals surface area contributed by atoms with Crippen molar-refractivity contribution in [1.29, 1.82) is 0 Å². The molecule has 1 saturated heterocycles. The van der Waals surface area contributed by atoms with Gasteiger partial charge in [0.2, 0.25) is 0 Å². The van der Waals surface area contributed by atoms with Crippen molar-refractivity contribution in [2.75, 3.05) is 26.2 Å². The van der Waals surface area contributed by atoms with Crippen LogP contribution < -0.4 is 15.4 Å². The molecule has 0 radical (unpaired) electrons. The Labute approximate surface area is 205 Å². The zero-order valence-corrected chi connectivity index (χ0v) is 19.8. The van der Waals surface area contributed by atoms with Gasteiger partial charge in [-0.05, 0) is 61.9 Å². The second-order valence-corrected chi connectivity index (χ2v) is 9.28. The molecule has 1 aliphatic carbocycles. The molecular formula is C27H33N3O5. The minimum absolute atomic E-state index is 0.00691. The van der Waals surface area contributed by atoms with E-state index in [1.807, 2.05) is 23.1 Å². The summed E-state index contributed by atoms with van der Waals surface area (Å²) in [6.07, 6.45) is 3.65. The number of likely N-dealkylation sites (tertiary alicyclic amines) is 1. The van der Waals surface area contributed by atoms with Gasteiger partial charge < -0.3 is 25.4 Å². The molecule has 2 fully saturated rings. The number of carboxylic acids is 1. The van der Waals surface area contributed by atoms with Crippen LogP contribution >= 0.6 is 0 Å². The summed E-state index contributed by atoms with van der Waals surface area (Å²) in [5.74, 6) is -0.170. The number of hydrogen-bond acceptors (Lipinski definition) is 4. The number of benzene rings is 2. The van der Waals surface area contributed by atoms with Crippen LogP contribution in [0, 0.1) is 5.92 Å². The molecule has 2 aliphatic rings. The zero-order chi connectivity index (χ0) is 24.6. The predicted molar refractivity (Wildman–Crippen MR) is 132 cm³/mol. The van der Waals surface area contributed by atoms with Crippen LogP contribution in [0.1, 0.15) is 53.9 Å². The number of carbonyl (C=O) groups excluding carboxylic acids is 2. The number of nitrogens with one attached hydrogen (secondary N) is 2. The molecule has 1 aliphatic heterocycles. The third-order valence-corrected chi connectivity index (χ3v) is 6.88. The van der Waals surface area contributed by atoms with E-state index in [4.69, 9.17) is 9.84 Å². The molecule has 0 aromatic heterocycles. The predicted octanol–water partition coefficient (Wildman–Crippen LogP) is 3.64. The van der Waals surface area contributed by atoms with E-state index in [0.717, 1.165) is 25.8 Å². The van der Waals surface area contributed by atoms with E-state index in [0.29, 0.717) is 49.7 Å². The van der Waals surface area contributed by atoms with Gasteiger partial charge in [-0.3, -0.25) is 9.59 Å². The molecule has 0 spiro atoms. The molecule has 1 atom stereocenters. The molecule has 8 nitrogen and oxygen atoms in total. The Morgan fingerprint density at radius 3 is 2.26 bits per heavy atom. The Bertz CT molecular complexity index is 1000. The SMILES string of the molecule is O=C(NCCNC(=O)N1CC[C@H](c2ccccc2)C1)c1ccc(OC2CCC(C(=O)O)CC2)cc1. The average molecular weight is 480 g/mol. The number of amides is 3. The maximum Gasteiger partial charge on any atom is 0.317 e. The van der Waals surface area contributed by atoms with Crippen LogP contribution in [0.15, 0.2) is 54.6 Å². The third kappa shape index (κ3) is 6.74. The monoisotopic (exact) mass is 479 g/mol. The van der Waals surface area contributed by atoms with Crippen LogP contribution in [-0.2, 0) is 4.79 Å². The molecule has 0 bridgehead atoms. The highest BCUT2D eigenvalue weighted by Crippen LogP contribution is 2.28. The smallest absolute Gasteiger partial charge is 0.317 e. The lowest BCUT2D eigenvalue weighted by Crippen LogP contribution is -2.42. The highest BCUT2D eigenvalue weighted by molar-refractivity contribution is 5.94. The van der Waals surface area contributed by atoms with Crippen LogP contribution in [0.25, 0.3) is 0 Å². The maximum atomic E-state index is 12.4. The quantitative estimate of drug-likeness (QED) is 0.501. The molecule has 35 heavy (non-hydrogen) atoms. The molecule has 3 N–H and O–H groups in total. The van der Waals surface area contributed by atoms with Crippen LogP contribution in [0.2, 0.25) is 0 Å². The fraction of sp³-hybridized carbons (Fsp3) is 0.444. The van der Waals surface area contributed by atoms with E-state index in [1.54, 1.807) is 24.3 Å². The van der Waals surface area contributed by atoms with Crippen LogP contribution in [0.3, 0.4) is 0 Å². The van der Waals surface area contributed by atoms with Crippen LogP contribution in [-0.4, -0.2) is 60.2 Å². The number of aliphatic carboxylic acids is 1. The van der Waals surface area contributed by atoms with E-state index in [-0.39, 0.29) is 24.0 Å². The number of urea groups is 1. The van der Waals surface area contributed by atoms with Crippen molar-refractivity contribution in [1.82, 2.24) is 15.5 Å². The summed E-state index contributed by atoms with van der Waals surface area (Å²) in [5.41, 5.74) is 1.78. The molecular weight excluding hydrogens is 446 g/mol. The van der Waals surface area contributed by atoms with Crippen molar-refractivity contribution in [3.05, 3.63) is 65.7 Å². The number of ether oxygens (including phenoxy) is 1. The summed E-state index contributed by atoms with van der Waals surface area (Å²) >= 11 is 0. The Balaban J connectivity index is 1.14. The van der Waals surface area contributed by atoms with Crippen LogP contribution in [0.5, 0.6) is 5.75 Å². The van der Waals surface area contributed by atoms with Crippen molar-refractivity contribution < 1.29 is 24.2 Å². The lowest BCUT2D eigenvalue weighted by Gasteiger charge is -2.26. The van der Waals surface area contributed by atoms with Gasteiger partial charge in [0, 0.05) is 37.7 Å². The average Bonchev–Trinajstić information content (AvgIpc) is 3.38. The topological polar surface area (TPSA) is 108 Å². The summed E-state index contributed by atoms with van der Waals surface area (Å²) in [4.78, 5) is 37.8. The second kappa shape index (κ2) is 11.7. The van der Waals surface area contributed by atoms with Gasteiger partial charge >= 0.3 is 12.0 Å². The first-order valence-electron chi connectivity index (χ1n) is 12.3. The van der Waals surface area contributed by atoms with Gasteiger partial charge in [-0.25, -0.2) is 4.79 Å². The molecule has 2 aromatic carbocycles. The number of rotatable bonds is 8.